The van der Waals surface area contributed by atoms with Crippen LogP contribution in [0.3, 0.4) is 0 Å². The fourth-order valence-corrected chi connectivity index (χ4v) is 5.15. The van der Waals surface area contributed by atoms with Crippen LogP contribution in [0.5, 0.6) is 0 Å². The molecule has 1 aromatic heterocycles. The van der Waals surface area contributed by atoms with Crippen molar-refractivity contribution in [1.82, 2.24) is 10.3 Å². The molecule has 32 heavy (non-hydrogen) atoms. The van der Waals surface area contributed by atoms with Crippen molar-refractivity contribution in [3.05, 3.63) is 138 Å². The predicted molar refractivity (Wildman–Crippen MR) is 127 cm³/mol. The molecule has 0 bridgehead atoms. The molecule has 0 radical (unpaired) electrons. The van der Waals surface area contributed by atoms with E-state index in [1.807, 2.05) is 24.3 Å². The van der Waals surface area contributed by atoms with Crippen LogP contribution in [0.25, 0.3) is 11.1 Å². The molecule has 1 saturated heterocycles. The van der Waals surface area contributed by atoms with Crippen molar-refractivity contribution in [3.8, 4) is 0 Å². The molecule has 1 aliphatic rings. The number of nitrogens with one attached hydrogen (secondary N) is 1. The number of aromatic nitrogens is 1. The molecule has 2 heterocycles. The van der Waals surface area contributed by atoms with Gasteiger partial charge in [-0.15, -0.1) is 0 Å². The van der Waals surface area contributed by atoms with Gasteiger partial charge in [0.15, 0.2) is 5.58 Å². The average molecular weight is 417 g/mol. The van der Waals surface area contributed by atoms with Crippen LogP contribution in [0, 0.1) is 0 Å². The van der Waals surface area contributed by atoms with Gasteiger partial charge >= 0.3 is 0 Å². The number of benzene rings is 4. The molecular formula is C29H24N2O. The van der Waals surface area contributed by atoms with Crippen LogP contribution >= 0.6 is 0 Å². The van der Waals surface area contributed by atoms with Gasteiger partial charge in [-0.05, 0) is 28.8 Å². The second-order valence-electron chi connectivity index (χ2n) is 8.43. The van der Waals surface area contributed by atoms with E-state index in [1.165, 1.54) is 16.7 Å². The van der Waals surface area contributed by atoms with Crippen LogP contribution in [0.2, 0.25) is 0 Å². The van der Waals surface area contributed by atoms with Crippen LogP contribution in [0.4, 0.5) is 0 Å². The van der Waals surface area contributed by atoms with Gasteiger partial charge in [0.05, 0.1) is 5.92 Å². The Balaban J connectivity index is 1.56. The summed E-state index contributed by atoms with van der Waals surface area (Å²) < 4.78 is 6.39. The van der Waals surface area contributed by atoms with Gasteiger partial charge in [0, 0.05) is 18.0 Å². The first-order valence-electron chi connectivity index (χ1n) is 11.1. The minimum atomic E-state index is 0.0532. The quantitative estimate of drug-likeness (QED) is 0.351. The number of rotatable bonds is 4. The van der Waals surface area contributed by atoms with Gasteiger partial charge in [0.2, 0.25) is 5.89 Å². The lowest BCUT2D eigenvalue weighted by Crippen LogP contribution is -2.20. The Labute approximate surface area is 187 Å². The first-order chi connectivity index (χ1) is 15.9. The first kappa shape index (κ1) is 19.0. The number of nitrogens with zero attached hydrogens (tertiary/aromatic N) is 1. The summed E-state index contributed by atoms with van der Waals surface area (Å²) in [5.41, 5.74) is 5.56. The van der Waals surface area contributed by atoms with Gasteiger partial charge in [-0.3, -0.25) is 0 Å². The zero-order valence-corrected chi connectivity index (χ0v) is 17.6. The Bertz CT molecular complexity index is 1280. The molecule has 0 amide bonds. The Morgan fingerprint density at radius 1 is 0.531 bits per heavy atom. The van der Waals surface area contributed by atoms with Gasteiger partial charge in [-0.1, -0.05) is 103 Å². The van der Waals surface area contributed by atoms with Crippen molar-refractivity contribution in [2.45, 2.75) is 23.9 Å². The Morgan fingerprint density at radius 2 is 1.03 bits per heavy atom. The SMILES string of the molecule is c1ccc(C2NC(c3ccccc3)C(c3nc4ccccc4o3)C2c2ccccc2)cc1. The van der Waals surface area contributed by atoms with E-state index in [0.717, 1.165) is 17.0 Å². The molecule has 0 saturated carbocycles. The van der Waals surface area contributed by atoms with Gasteiger partial charge in [0.1, 0.15) is 5.52 Å². The van der Waals surface area contributed by atoms with Crippen molar-refractivity contribution >= 4 is 11.1 Å². The highest BCUT2D eigenvalue weighted by Crippen LogP contribution is 2.54. The molecule has 5 aromatic rings. The van der Waals surface area contributed by atoms with Crippen molar-refractivity contribution in [1.29, 1.82) is 0 Å². The summed E-state index contributed by atoms with van der Waals surface area (Å²) in [5, 5.41) is 3.97. The van der Waals surface area contributed by atoms with Crippen LogP contribution in [0.15, 0.2) is 120 Å². The molecule has 4 unspecified atom stereocenters. The number of hydrogen-bond acceptors (Lipinski definition) is 3. The summed E-state index contributed by atoms with van der Waals surface area (Å²) in [5.74, 6) is 1.02. The summed E-state index contributed by atoms with van der Waals surface area (Å²) >= 11 is 0. The summed E-state index contributed by atoms with van der Waals surface area (Å²) in [6.45, 7) is 0. The van der Waals surface area contributed by atoms with E-state index in [2.05, 4.69) is 96.3 Å². The number of hydrogen-bond donors (Lipinski definition) is 1. The molecule has 1 aliphatic heterocycles. The Kier molecular flexibility index (Phi) is 4.82. The minimum absolute atomic E-state index is 0.0532. The Morgan fingerprint density at radius 3 is 1.62 bits per heavy atom. The number of oxazole rings is 1. The fraction of sp³-hybridized carbons (Fsp3) is 0.138. The maximum Gasteiger partial charge on any atom is 0.201 e. The summed E-state index contributed by atoms with van der Waals surface area (Å²) in [4.78, 5) is 4.97. The molecule has 6 rings (SSSR count). The zero-order chi connectivity index (χ0) is 21.3. The third-order valence-corrected chi connectivity index (χ3v) is 6.56. The fourth-order valence-electron chi connectivity index (χ4n) is 5.15. The zero-order valence-electron chi connectivity index (χ0n) is 17.6. The van der Waals surface area contributed by atoms with E-state index in [-0.39, 0.29) is 23.9 Å². The maximum absolute atomic E-state index is 6.39. The number of fused-ring (bicyclic) bond motifs is 1. The Hall–Kier alpha value is -3.69. The largest absolute Gasteiger partial charge is 0.440 e. The van der Waals surface area contributed by atoms with E-state index in [0.29, 0.717) is 0 Å². The molecule has 4 aromatic carbocycles. The highest BCUT2D eigenvalue weighted by molar-refractivity contribution is 5.72. The summed E-state index contributed by atoms with van der Waals surface area (Å²) in [6, 6.07) is 40.4. The van der Waals surface area contributed by atoms with Gasteiger partial charge < -0.3 is 9.73 Å². The molecular weight excluding hydrogens is 392 g/mol. The molecule has 3 nitrogen and oxygen atoms in total. The lowest BCUT2D eigenvalue weighted by Gasteiger charge is -2.24. The third kappa shape index (κ3) is 3.31. The molecule has 3 heteroatoms. The van der Waals surface area contributed by atoms with Crippen molar-refractivity contribution in [3.63, 3.8) is 0 Å². The van der Waals surface area contributed by atoms with Gasteiger partial charge in [-0.25, -0.2) is 4.98 Å². The van der Waals surface area contributed by atoms with Gasteiger partial charge in [-0.2, -0.15) is 0 Å². The molecule has 4 atom stereocenters. The smallest absolute Gasteiger partial charge is 0.201 e. The predicted octanol–water partition coefficient (Wildman–Crippen LogP) is 6.78. The second kappa shape index (κ2) is 8.10. The van der Waals surface area contributed by atoms with Crippen LogP contribution in [-0.2, 0) is 0 Å². The maximum atomic E-state index is 6.39. The molecule has 0 spiro atoms. The highest BCUT2D eigenvalue weighted by atomic mass is 16.3. The monoisotopic (exact) mass is 416 g/mol. The summed E-state index contributed by atoms with van der Waals surface area (Å²) in [6.07, 6.45) is 0. The van der Waals surface area contributed by atoms with E-state index in [1.54, 1.807) is 0 Å². The molecule has 156 valence electrons. The van der Waals surface area contributed by atoms with Crippen LogP contribution in [0.1, 0.15) is 46.5 Å². The topological polar surface area (TPSA) is 38.1 Å². The molecule has 1 N–H and O–H groups in total. The molecule has 0 aliphatic carbocycles. The lowest BCUT2D eigenvalue weighted by atomic mass is 9.78. The van der Waals surface area contributed by atoms with Crippen molar-refractivity contribution in [2.24, 2.45) is 0 Å². The van der Waals surface area contributed by atoms with Crippen LogP contribution < -0.4 is 5.32 Å². The van der Waals surface area contributed by atoms with Crippen molar-refractivity contribution in [2.75, 3.05) is 0 Å². The average Bonchev–Trinajstić information content (AvgIpc) is 3.47. The third-order valence-electron chi connectivity index (χ3n) is 6.56. The standard InChI is InChI=1S/C29H24N2O/c1-4-12-20(13-5-1)25-26(29-30-23-18-10-11-19-24(23)32-29)28(22-16-8-3-9-17-22)31-27(25)21-14-6-2-7-15-21/h1-19,25-28,31H. The minimum Gasteiger partial charge on any atom is -0.440 e. The number of para-hydroxylation sites is 2. The second-order valence-corrected chi connectivity index (χ2v) is 8.43. The van der Waals surface area contributed by atoms with Crippen molar-refractivity contribution < 1.29 is 4.42 Å². The van der Waals surface area contributed by atoms with E-state index in [4.69, 9.17) is 9.40 Å². The summed E-state index contributed by atoms with van der Waals surface area (Å²) in [7, 11) is 0. The normalized spacial score (nSPS) is 22.9. The van der Waals surface area contributed by atoms with Crippen LogP contribution in [-0.4, -0.2) is 4.98 Å². The highest BCUT2D eigenvalue weighted by Gasteiger charge is 2.48. The lowest BCUT2D eigenvalue weighted by molar-refractivity contribution is 0.419. The first-order valence-corrected chi connectivity index (χ1v) is 11.1. The van der Waals surface area contributed by atoms with E-state index in [9.17, 15) is 0 Å². The van der Waals surface area contributed by atoms with E-state index < -0.39 is 0 Å². The van der Waals surface area contributed by atoms with E-state index >= 15 is 0 Å². The van der Waals surface area contributed by atoms with Gasteiger partial charge in [0.25, 0.3) is 0 Å². The molecule has 1 fully saturated rings.